The third-order valence-corrected chi connectivity index (χ3v) is 3.04. The molecule has 4 nitrogen and oxygen atoms in total. The minimum Gasteiger partial charge on any atom is -0.465 e. The van der Waals surface area contributed by atoms with Crippen molar-refractivity contribution in [2.75, 3.05) is 18.7 Å². The third kappa shape index (κ3) is 2.36. The summed E-state index contributed by atoms with van der Waals surface area (Å²) < 4.78 is 4.66. The summed E-state index contributed by atoms with van der Waals surface area (Å²) in [6.45, 7) is 1.78. The van der Waals surface area contributed by atoms with Gasteiger partial charge in [0.05, 0.1) is 18.4 Å². The van der Waals surface area contributed by atoms with Crippen molar-refractivity contribution < 1.29 is 14.3 Å². The van der Waals surface area contributed by atoms with Gasteiger partial charge in [-0.3, -0.25) is 4.79 Å². The van der Waals surface area contributed by atoms with Crippen LogP contribution in [0.3, 0.4) is 0 Å². The maximum atomic E-state index is 11.4. The molecule has 0 bridgehead atoms. The van der Waals surface area contributed by atoms with Crippen LogP contribution < -0.4 is 5.32 Å². The molecule has 0 unspecified atom stereocenters. The van der Waals surface area contributed by atoms with Crippen molar-refractivity contribution in [3.63, 3.8) is 0 Å². The topological polar surface area (TPSA) is 55.4 Å². The smallest absolute Gasteiger partial charge is 0.338 e. The third-order valence-electron chi connectivity index (χ3n) is 2.26. The number of hydrogen-bond acceptors (Lipinski definition) is 4. The number of nitrogens with one attached hydrogen (secondary N) is 1. The predicted octanol–water partition coefficient (Wildman–Crippen LogP) is 2.07. The predicted molar refractivity (Wildman–Crippen MR) is 64.0 cm³/mol. The number of esters is 1. The van der Waals surface area contributed by atoms with Gasteiger partial charge in [0.15, 0.2) is 0 Å². The van der Waals surface area contributed by atoms with E-state index in [9.17, 15) is 9.59 Å². The van der Waals surface area contributed by atoms with Crippen LogP contribution in [0, 0.1) is 6.92 Å². The zero-order valence-corrected chi connectivity index (χ0v) is 10.2. The molecular weight excluding hydrogens is 226 g/mol. The van der Waals surface area contributed by atoms with E-state index in [0.717, 1.165) is 4.90 Å². The van der Waals surface area contributed by atoms with Crippen molar-refractivity contribution in [1.82, 2.24) is 0 Å². The fourth-order valence-electron chi connectivity index (χ4n) is 1.43. The van der Waals surface area contributed by atoms with E-state index in [4.69, 9.17) is 0 Å². The van der Waals surface area contributed by atoms with Crippen LogP contribution in [-0.2, 0) is 9.53 Å². The lowest BCUT2D eigenvalue weighted by atomic mass is 10.1. The molecule has 1 aromatic rings. The van der Waals surface area contributed by atoms with Crippen LogP contribution in [0.25, 0.3) is 0 Å². The van der Waals surface area contributed by atoms with Gasteiger partial charge in [-0.25, -0.2) is 4.79 Å². The maximum absolute atomic E-state index is 11.4. The van der Waals surface area contributed by atoms with Crippen LogP contribution in [-0.4, -0.2) is 25.7 Å². The lowest BCUT2D eigenvalue weighted by Crippen LogP contribution is -2.07. The molecule has 16 heavy (non-hydrogen) atoms. The van der Waals surface area contributed by atoms with Crippen molar-refractivity contribution in [3.8, 4) is 0 Å². The van der Waals surface area contributed by atoms with Crippen molar-refractivity contribution in [1.29, 1.82) is 0 Å². The van der Waals surface area contributed by atoms with Gasteiger partial charge in [-0.05, 0) is 30.9 Å². The summed E-state index contributed by atoms with van der Waals surface area (Å²) in [6, 6.07) is 3.48. The normalized spacial score (nSPS) is 9.69. The molecule has 0 spiro atoms. The van der Waals surface area contributed by atoms with E-state index in [2.05, 4.69) is 10.1 Å². The number of hydrogen-bond donors (Lipinski definition) is 1. The number of ether oxygens (including phenoxy) is 1. The van der Waals surface area contributed by atoms with Gasteiger partial charge >= 0.3 is 5.97 Å². The highest BCUT2D eigenvalue weighted by Gasteiger charge is 2.14. The molecule has 0 aliphatic heterocycles. The molecule has 5 heteroatoms. The average molecular weight is 239 g/mol. The van der Waals surface area contributed by atoms with E-state index in [1.807, 2.05) is 6.26 Å². The number of anilines is 1. The van der Waals surface area contributed by atoms with E-state index in [0.29, 0.717) is 23.2 Å². The second kappa shape index (κ2) is 5.55. The molecule has 1 N–H and O–H groups in total. The van der Waals surface area contributed by atoms with E-state index in [-0.39, 0.29) is 0 Å². The van der Waals surface area contributed by atoms with Gasteiger partial charge in [-0.15, -0.1) is 11.8 Å². The van der Waals surface area contributed by atoms with Crippen molar-refractivity contribution in [2.45, 2.75) is 11.8 Å². The summed E-state index contributed by atoms with van der Waals surface area (Å²) in [5, 5.41) is 2.61. The standard InChI is InChI=1S/C11H13NO3S/c1-7-8(11(14)15-2)4-5-9(16-3)10(7)12-6-13/h4-6H,1-3H3,(H,12,13). The summed E-state index contributed by atoms with van der Waals surface area (Å²) in [7, 11) is 1.33. The first kappa shape index (κ1) is 12.6. The summed E-state index contributed by atoms with van der Waals surface area (Å²) in [5.41, 5.74) is 1.83. The first-order valence-corrected chi connectivity index (χ1v) is 5.84. The van der Waals surface area contributed by atoms with E-state index < -0.39 is 5.97 Å². The molecule has 1 rings (SSSR count). The van der Waals surface area contributed by atoms with Gasteiger partial charge in [0.2, 0.25) is 6.41 Å². The molecule has 1 amide bonds. The largest absolute Gasteiger partial charge is 0.465 e. The van der Waals surface area contributed by atoms with Gasteiger partial charge in [0.25, 0.3) is 0 Å². The minimum atomic E-state index is -0.404. The summed E-state index contributed by atoms with van der Waals surface area (Å²) in [4.78, 5) is 22.9. The highest BCUT2D eigenvalue weighted by molar-refractivity contribution is 7.98. The Hall–Kier alpha value is -1.49. The molecule has 0 saturated carbocycles. The number of carbonyl (C=O) groups is 2. The molecule has 86 valence electrons. The Morgan fingerprint density at radius 3 is 2.69 bits per heavy atom. The number of carbonyl (C=O) groups excluding carboxylic acids is 2. The number of thioether (sulfide) groups is 1. The SMILES string of the molecule is COC(=O)c1ccc(SC)c(NC=O)c1C. The Morgan fingerprint density at radius 2 is 2.19 bits per heavy atom. The van der Waals surface area contributed by atoms with E-state index >= 15 is 0 Å². The molecule has 0 aliphatic rings. The average Bonchev–Trinajstić information content (AvgIpc) is 2.31. The minimum absolute atomic E-state index is 0.404. The van der Waals surface area contributed by atoms with Crippen LogP contribution in [0.4, 0.5) is 5.69 Å². The second-order valence-corrected chi connectivity index (χ2v) is 3.92. The van der Waals surface area contributed by atoms with Crippen molar-refractivity contribution in [2.24, 2.45) is 0 Å². The molecule has 0 aromatic heterocycles. The van der Waals surface area contributed by atoms with Crippen LogP contribution in [0.1, 0.15) is 15.9 Å². The maximum Gasteiger partial charge on any atom is 0.338 e. The summed E-state index contributed by atoms with van der Waals surface area (Å²) in [6.07, 6.45) is 2.51. The highest BCUT2D eigenvalue weighted by atomic mass is 32.2. The zero-order chi connectivity index (χ0) is 12.1. The van der Waals surface area contributed by atoms with Gasteiger partial charge in [-0.1, -0.05) is 0 Å². The Morgan fingerprint density at radius 1 is 1.50 bits per heavy atom. The van der Waals surface area contributed by atoms with Crippen LogP contribution in [0.15, 0.2) is 17.0 Å². The quantitative estimate of drug-likeness (QED) is 0.496. The molecule has 1 aromatic carbocycles. The van der Waals surface area contributed by atoms with E-state index in [1.54, 1.807) is 19.1 Å². The zero-order valence-electron chi connectivity index (χ0n) is 9.37. The monoisotopic (exact) mass is 239 g/mol. The van der Waals surface area contributed by atoms with Gasteiger partial charge in [-0.2, -0.15) is 0 Å². The first-order valence-electron chi connectivity index (χ1n) is 4.61. The lowest BCUT2D eigenvalue weighted by molar-refractivity contribution is -0.105. The molecule has 0 aliphatic carbocycles. The van der Waals surface area contributed by atoms with Crippen LogP contribution in [0.2, 0.25) is 0 Å². The number of methoxy groups -OCH3 is 1. The summed E-state index contributed by atoms with van der Waals surface area (Å²) in [5.74, 6) is -0.404. The molecule has 0 fully saturated rings. The molecule has 0 atom stereocenters. The van der Waals surface area contributed by atoms with Gasteiger partial charge < -0.3 is 10.1 Å². The number of benzene rings is 1. The summed E-state index contributed by atoms with van der Waals surface area (Å²) >= 11 is 1.50. The fraction of sp³-hybridized carbons (Fsp3) is 0.273. The molecule has 0 heterocycles. The lowest BCUT2D eigenvalue weighted by Gasteiger charge is -2.12. The molecule has 0 saturated heterocycles. The Kier molecular flexibility index (Phi) is 4.37. The Balaban J connectivity index is 3.30. The first-order chi connectivity index (χ1) is 7.65. The number of rotatable bonds is 4. The van der Waals surface area contributed by atoms with Crippen molar-refractivity contribution >= 4 is 29.8 Å². The Bertz CT molecular complexity index is 418. The number of amides is 1. The van der Waals surface area contributed by atoms with Crippen molar-refractivity contribution in [3.05, 3.63) is 23.3 Å². The van der Waals surface area contributed by atoms with Gasteiger partial charge in [0, 0.05) is 4.90 Å². The molecule has 0 radical (unpaired) electrons. The molecular formula is C11H13NO3S. The van der Waals surface area contributed by atoms with E-state index in [1.165, 1.54) is 18.9 Å². The van der Waals surface area contributed by atoms with Crippen LogP contribution in [0.5, 0.6) is 0 Å². The highest BCUT2D eigenvalue weighted by Crippen LogP contribution is 2.30. The van der Waals surface area contributed by atoms with Crippen LogP contribution >= 0.6 is 11.8 Å². The van der Waals surface area contributed by atoms with Gasteiger partial charge in [0.1, 0.15) is 0 Å². The second-order valence-electron chi connectivity index (χ2n) is 3.07. The Labute approximate surface area is 98.4 Å². The fourth-order valence-corrected chi connectivity index (χ4v) is 2.05.